The van der Waals surface area contributed by atoms with Crippen LogP contribution >= 0.6 is 0 Å². The highest BCUT2D eigenvalue weighted by Gasteiger charge is 2.21. The van der Waals surface area contributed by atoms with Gasteiger partial charge in [-0.25, -0.2) is 14.1 Å². The van der Waals surface area contributed by atoms with Crippen molar-refractivity contribution >= 4 is 11.6 Å². The van der Waals surface area contributed by atoms with Crippen molar-refractivity contribution < 1.29 is 23.1 Å². The normalized spacial score (nSPS) is 10.9. The summed E-state index contributed by atoms with van der Waals surface area (Å²) in [6.07, 6.45) is 0. The molecule has 0 saturated heterocycles. The Balaban J connectivity index is 1.56. The number of hydrogen-bond acceptors (Lipinski definition) is 7. The number of anilines is 1. The Morgan fingerprint density at radius 1 is 1.12 bits per heavy atom. The van der Waals surface area contributed by atoms with Gasteiger partial charge in [-0.3, -0.25) is 4.79 Å². The lowest BCUT2D eigenvalue weighted by Crippen LogP contribution is -2.15. The molecule has 2 aromatic heterocycles. The molecule has 10 heteroatoms. The van der Waals surface area contributed by atoms with Crippen molar-refractivity contribution in [2.24, 2.45) is 0 Å². The fourth-order valence-electron chi connectivity index (χ4n) is 3.44. The van der Waals surface area contributed by atoms with Crippen LogP contribution in [0.2, 0.25) is 0 Å². The number of methoxy groups -OCH3 is 2. The molecule has 9 nitrogen and oxygen atoms in total. The average Bonchev–Trinajstić information content (AvgIpc) is 3.38. The lowest BCUT2D eigenvalue weighted by molar-refractivity contribution is 0.102. The fraction of sp³-hybridized carbons (Fsp3) is 0.250. The molecule has 1 N–H and O–H groups in total. The summed E-state index contributed by atoms with van der Waals surface area (Å²) in [5.41, 5.74) is 3.11. The Kier molecular flexibility index (Phi) is 6.31. The van der Waals surface area contributed by atoms with Gasteiger partial charge < -0.3 is 19.2 Å². The molecule has 0 bridgehead atoms. The van der Waals surface area contributed by atoms with Gasteiger partial charge in [0.1, 0.15) is 28.8 Å². The number of benzene rings is 2. The lowest BCUT2D eigenvalue weighted by Gasteiger charge is -2.08. The number of ether oxygens (including phenoxy) is 2. The van der Waals surface area contributed by atoms with E-state index in [1.807, 2.05) is 6.07 Å². The highest BCUT2D eigenvalue weighted by Crippen LogP contribution is 2.33. The average molecular weight is 465 g/mol. The maximum Gasteiger partial charge on any atom is 0.278 e. The van der Waals surface area contributed by atoms with Crippen LogP contribution in [0, 0.1) is 26.6 Å². The molecule has 0 radical (unpaired) electrons. The molecule has 0 fully saturated rings. The number of nitrogens with one attached hydrogen (secondary N) is 1. The van der Waals surface area contributed by atoms with E-state index in [-0.39, 0.29) is 12.2 Å². The van der Waals surface area contributed by atoms with Crippen LogP contribution in [0.15, 0.2) is 40.8 Å². The van der Waals surface area contributed by atoms with Crippen LogP contribution in [0.5, 0.6) is 11.5 Å². The molecule has 34 heavy (non-hydrogen) atoms. The molecule has 4 rings (SSSR count). The van der Waals surface area contributed by atoms with Crippen LogP contribution in [0.1, 0.15) is 33.2 Å². The predicted octanol–water partition coefficient (Wildman–Crippen LogP) is 4.32. The third kappa shape index (κ3) is 4.47. The van der Waals surface area contributed by atoms with E-state index < -0.39 is 11.7 Å². The highest BCUT2D eigenvalue weighted by molar-refractivity contribution is 6.03. The summed E-state index contributed by atoms with van der Waals surface area (Å²) >= 11 is 0. The van der Waals surface area contributed by atoms with Crippen molar-refractivity contribution in [2.75, 3.05) is 19.5 Å². The number of hydrogen-bond donors (Lipinski definition) is 1. The minimum Gasteiger partial charge on any atom is -0.497 e. The smallest absolute Gasteiger partial charge is 0.278 e. The van der Waals surface area contributed by atoms with Gasteiger partial charge in [-0.1, -0.05) is 11.3 Å². The second-order valence-electron chi connectivity index (χ2n) is 7.68. The van der Waals surface area contributed by atoms with Crippen LogP contribution in [0.25, 0.3) is 11.5 Å². The van der Waals surface area contributed by atoms with Gasteiger partial charge in [0.15, 0.2) is 5.69 Å². The van der Waals surface area contributed by atoms with Gasteiger partial charge in [0.25, 0.3) is 5.91 Å². The summed E-state index contributed by atoms with van der Waals surface area (Å²) in [6.45, 7) is 5.56. The standard InChI is InChI=1S/C24H24FN5O4/c1-13-6-7-16(25)10-19(13)26-23(31)22-14(2)30(29-28-22)12-20-15(3)34-24(27-20)18-9-8-17(32-4)11-21(18)33-5/h6-11H,12H2,1-5H3,(H,26,31). The lowest BCUT2D eigenvalue weighted by atomic mass is 10.2. The Labute approximate surface area is 195 Å². The third-order valence-electron chi connectivity index (χ3n) is 5.48. The van der Waals surface area contributed by atoms with E-state index >= 15 is 0 Å². The number of carbonyl (C=O) groups is 1. The first-order valence-electron chi connectivity index (χ1n) is 10.5. The summed E-state index contributed by atoms with van der Waals surface area (Å²) < 4.78 is 31.7. The number of amides is 1. The molecule has 0 unspecified atom stereocenters. The molecular formula is C24H24FN5O4. The quantitative estimate of drug-likeness (QED) is 0.434. The van der Waals surface area contributed by atoms with Crippen molar-refractivity contribution in [1.29, 1.82) is 0 Å². The number of aryl methyl sites for hydroxylation is 2. The number of oxazole rings is 1. The molecular weight excluding hydrogens is 441 g/mol. The third-order valence-corrected chi connectivity index (χ3v) is 5.48. The molecule has 0 aliphatic rings. The number of halogens is 1. The minimum atomic E-state index is -0.474. The zero-order valence-corrected chi connectivity index (χ0v) is 19.5. The van der Waals surface area contributed by atoms with E-state index in [9.17, 15) is 9.18 Å². The minimum absolute atomic E-state index is 0.141. The maximum absolute atomic E-state index is 13.6. The monoisotopic (exact) mass is 465 g/mol. The largest absolute Gasteiger partial charge is 0.497 e. The SMILES string of the molecule is COc1ccc(-c2nc(Cn3nnc(C(=O)Nc4cc(F)ccc4C)c3C)c(C)o2)c(OC)c1. The van der Waals surface area contributed by atoms with Gasteiger partial charge >= 0.3 is 0 Å². The molecule has 176 valence electrons. The summed E-state index contributed by atoms with van der Waals surface area (Å²) in [5.74, 6) is 1.30. The first-order chi connectivity index (χ1) is 16.3. The first-order valence-corrected chi connectivity index (χ1v) is 10.5. The molecule has 0 spiro atoms. The van der Waals surface area contributed by atoms with E-state index in [1.54, 1.807) is 57.9 Å². The van der Waals surface area contributed by atoms with Crippen molar-refractivity contribution in [1.82, 2.24) is 20.0 Å². The topological polar surface area (TPSA) is 104 Å². The van der Waals surface area contributed by atoms with E-state index in [0.29, 0.717) is 45.8 Å². The second-order valence-corrected chi connectivity index (χ2v) is 7.68. The van der Waals surface area contributed by atoms with Gasteiger partial charge in [-0.05, 0) is 50.6 Å². The van der Waals surface area contributed by atoms with E-state index in [0.717, 1.165) is 5.56 Å². The van der Waals surface area contributed by atoms with E-state index in [1.165, 1.54) is 12.1 Å². The summed E-state index contributed by atoms with van der Waals surface area (Å²) in [6, 6.07) is 9.55. The maximum atomic E-state index is 13.6. The van der Waals surface area contributed by atoms with E-state index in [2.05, 4.69) is 20.6 Å². The van der Waals surface area contributed by atoms with Crippen LogP contribution in [-0.2, 0) is 6.54 Å². The van der Waals surface area contributed by atoms with Gasteiger partial charge in [0.2, 0.25) is 5.89 Å². The number of carbonyl (C=O) groups excluding carboxylic acids is 1. The van der Waals surface area contributed by atoms with Crippen molar-refractivity contribution in [3.05, 3.63) is 70.6 Å². The van der Waals surface area contributed by atoms with Crippen LogP contribution < -0.4 is 14.8 Å². The van der Waals surface area contributed by atoms with Crippen molar-refractivity contribution in [3.8, 4) is 23.0 Å². The summed E-state index contributed by atoms with van der Waals surface area (Å²) in [5, 5.41) is 10.8. The van der Waals surface area contributed by atoms with Gasteiger partial charge in [-0.2, -0.15) is 0 Å². The van der Waals surface area contributed by atoms with Gasteiger partial charge in [0.05, 0.1) is 32.0 Å². The molecule has 0 aliphatic heterocycles. The Morgan fingerprint density at radius 3 is 2.65 bits per heavy atom. The summed E-state index contributed by atoms with van der Waals surface area (Å²) in [7, 11) is 3.14. The van der Waals surface area contributed by atoms with Crippen molar-refractivity contribution in [2.45, 2.75) is 27.3 Å². The Bertz CT molecular complexity index is 1360. The molecule has 0 atom stereocenters. The predicted molar refractivity (Wildman–Crippen MR) is 123 cm³/mol. The number of rotatable bonds is 7. The van der Waals surface area contributed by atoms with E-state index in [4.69, 9.17) is 13.9 Å². The molecule has 0 saturated carbocycles. The van der Waals surface area contributed by atoms with Gasteiger partial charge in [0, 0.05) is 11.8 Å². The zero-order chi connectivity index (χ0) is 24.4. The van der Waals surface area contributed by atoms with Crippen LogP contribution in [0.3, 0.4) is 0 Å². The molecule has 0 aliphatic carbocycles. The summed E-state index contributed by atoms with van der Waals surface area (Å²) in [4.78, 5) is 17.3. The number of nitrogens with zero attached hydrogens (tertiary/aromatic N) is 4. The molecule has 1 amide bonds. The van der Waals surface area contributed by atoms with Crippen LogP contribution in [-0.4, -0.2) is 40.1 Å². The van der Waals surface area contributed by atoms with Gasteiger partial charge in [-0.15, -0.1) is 5.10 Å². The Hall–Kier alpha value is -4.21. The van der Waals surface area contributed by atoms with Crippen LogP contribution in [0.4, 0.5) is 10.1 Å². The second kappa shape index (κ2) is 9.34. The van der Waals surface area contributed by atoms with Crippen molar-refractivity contribution in [3.63, 3.8) is 0 Å². The fourth-order valence-corrected chi connectivity index (χ4v) is 3.44. The zero-order valence-electron chi connectivity index (χ0n) is 19.5. The first kappa shape index (κ1) is 23.0. The molecule has 4 aromatic rings. The molecule has 2 aromatic carbocycles. The highest BCUT2D eigenvalue weighted by atomic mass is 19.1. The molecule has 2 heterocycles. The number of aromatic nitrogens is 4. The Morgan fingerprint density at radius 2 is 1.91 bits per heavy atom.